The number of alkyl halides is 3. The average molecular weight is 461 g/mol. The molecule has 1 saturated heterocycles. The van der Waals surface area contributed by atoms with Crippen LogP contribution in [0.1, 0.15) is 23.3 Å². The highest BCUT2D eigenvalue weighted by atomic mass is 35.5. The fourth-order valence-electron chi connectivity index (χ4n) is 3.11. The van der Waals surface area contributed by atoms with Gasteiger partial charge in [0.1, 0.15) is 12.8 Å². The summed E-state index contributed by atoms with van der Waals surface area (Å²) in [6.45, 7) is -0.989. The number of carbonyl (C=O) groups excluding carboxylic acids is 1. The van der Waals surface area contributed by atoms with Crippen LogP contribution < -0.4 is 5.32 Å². The molecule has 1 aliphatic rings. The van der Waals surface area contributed by atoms with Gasteiger partial charge in [0.05, 0.1) is 17.5 Å². The Kier molecular flexibility index (Phi) is 6.78. The first-order valence-electron chi connectivity index (χ1n) is 8.79. The Bertz CT molecular complexity index is 957. The lowest BCUT2D eigenvalue weighted by Crippen LogP contribution is -2.43. The molecule has 1 amide bonds. The molecule has 3 rings (SSSR count). The third kappa shape index (κ3) is 5.25. The summed E-state index contributed by atoms with van der Waals surface area (Å²) in [4.78, 5) is 14.5. The van der Waals surface area contributed by atoms with Crippen LogP contribution in [0.2, 0.25) is 0 Å². The van der Waals surface area contributed by atoms with Gasteiger partial charge in [0.25, 0.3) is 5.91 Å². The van der Waals surface area contributed by atoms with Crippen LogP contribution >= 0.6 is 23.2 Å². The van der Waals surface area contributed by atoms with Crippen molar-refractivity contribution < 1.29 is 22.7 Å². The molecule has 1 aliphatic heterocycles. The van der Waals surface area contributed by atoms with Crippen LogP contribution in [0.4, 0.5) is 4.39 Å². The quantitative estimate of drug-likeness (QED) is 0.618. The number of sulfone groups is 1. The van der Waals surface area contributed by atoms with E-state index in [2.05, 4.69) is 10.3 Å². The van der Waals surface area contributed by atoms with Crippen molar-refractivity contribution in [1.29, 1.82) is 0 Å². The van der Waals surface area contributed by atoms with Crippen LogP contribution in [-0.4, -0.2) is 53.5 Å². The van der Waals surface area contributed by atoms with Crippen molar-refractivity contribution in [3.8, 4) is 11.1 Å². The summed E-state index contributed by atoms with van der Waals surface area (Å²) in [6, 6.07) is 9.22. The van der Waals surface area contributed by atoms with E-state index in [9.17, 15) is 22.7 Å². The molecule has 2 atom stereocenters. The zero-order valence-corrected chi connectivity index (χ0v) is 17.5. The standard InChI is InChI=1S/C19H19Cl2FN2O4S/c20-18(21)19(26)24-16(7-22)17(25)12-3-1-11(2-4-12)13-5-6-15(23-8-13)14-9-29(27,28)10-14/h1-6,8,14,16-18,25H,7,9-10H2,(H,24,26)/t16-,17-/m1/s1. The molecule has 0 aliphatic carbocycles. The van der Waals surface area contributed by atoms with E-state index in [0.29, 0.717) is 5.56 Å². The van der Waals surface area contributed by atoms with Crippen LogP contribution in [-0.2, 0) is 14.6 Å². The molecule has 156 valence electrons. The van der Waals surface area contributed by atoms with Crippen molar-refractivity contribution in [3.05, 3.63) is 53.9 Å². The number of nitrogens with zero attached hydrogens (tertiary/aromatic N) is 1. The van der Waals surface area contributed by atoms with E-state index < -0.39 is 39.4 Å². The Morgan fingerprint density at radius 3 is 2.28 bits per heavy atom. The molecule has 0 spiro atoms. The molecule has 2 aromatic rings. The number of amides is 1. The molecule has 2 N–H and O–H groups in total. The predicted molar refractivity (Wildman–Crippen MR) is 109 cm³/mol. The molecule has 10 heteroatoms. The Labute approximate surface area is 178 Å². The number of aliphatic hydroxyl groups is 1. The number of hydrogen-bond acceptors (Lipinski definition) is 5. The summed E-state index contributed by atoms with van der Waals surface area (Å²) < 4.78 is 35.8. The highest BCUT2D eigenvalue weighted by Gasteiger charge is 2.35. The number of aromatic nitrogens is 1. The first kappa shape index (κ1) is 22.0. The molecule has 1 fully saturated rings. The smallest absolute Gasteiger partial charge is 0.253 e. The lowest BCUT2D eigenvalue weighted by molar-refractivity contribution is -0.121. The van der Waals surface area contributed by atoms with Crippen molar-refractivity contribution in [2.24, 2.45) is 0 Å². The number of pyridine rings is 1. The minimum atomic E-state index is -2.91. The van der Waals surface area contributed by atoms with Gasteiger partial charge in [-0.2, -0.15) is 0 Å². The molecule has 1 aromatic carbocycles. The van der Waals surface area contributed by atoms with E-state index in [1.165, 1.54) is 0 Å². The number of carbonyl (C=O) groups is 1. The number of benzene rings is 1. The first-order chi connectivity index (χ1) is 13.7. The van der Waals surface area contributed by atoms with E-state index in [-0.39, 0.29) is 17.4 Å². The Hall–Kier alpha value is -1.74. The maximum atomic E-state index is 13.2. The van der Waals surface area contributed by atoms with Crippen LogP contribution in [0, 0.1) is 0 Å². The molecule has 1 aromatic heterocycles. The topological polar surface area (TPSA) is 96.4 Å². The van der Waals surface area contributed by atoms with Gasteiger partial charge in [-0.15, -0.1) is 0 Å². The van der Waals surface area contributed by atoms with E-state index in [1.54, 1.807) is 36.5 Å². The predicted octanol–water partition coefficient (Wildman–Crippen LogP) is 2.55. The first-order valence-corrected chi connectivity index (χ1v) is 11.5. The highest BCUT2D eigenvalue weighted by molar-refractivity contribution is 7.92. The van der Waals surface area contributed by atoms with E-state index in [4.69, 9.17) is 23.2 Å². The molecule has 0 radical (unpaired) electrons. The molecule has 29 heavy (non-hydrogen) atoms. The molecule has 6 nitrogen and oxygen atoms in total. The van der Waals surface area contributed by atoms with Crippen molar-refractivity contribution in [2.75, 3.05) is 18.2 Å². The van der Waals surface area contributed by atoms with Crippen molar-refractivity contribution in [3.63, 3.8) is 0 Å². The largest absolute Gasteiger partial charge is 0.386 e. The molecule has 0 saturated carbocycles. The number of nitrogens with one attached hydrogen (secondary N) is 1. The number of aliphatic hydroxyl groups excluding tert-OH is 1. The highest BCUT2D eigenvalue weighted by Crippen LogP contribution is 2.29. The van der Waals surface area contributed by atoms with Gasteiger partial charge >= 0.3 is 0 Å². The summed E-state index contributed by atoms with van der Waals surface area (Å²) in [5.41, 5.74) is 2.80. The van der Waals surface area contributed by atoms with Gasteiger partial charge in [0.15, 0.2) is 14.7 Å². The van der Waals surface area contributed by atoms with Gasteiger partial charge in [-0.25, -0.2) is 12.8 Å². The van der Waals surface area contributed by atoms with E-state index in [1.807, 2.05) is 6.07 Å². The second-order valence-electron chi connectivity index (χ2n) is 6.88. The number of rotatable bonds is 7. The monoisotopic (exact) mass is 460 g/mol. The average Bonchev–Trinajstić information content (AvgIpc) is 2.69. The molecular formula is C19H19Cl2FN2O4S. The normalized spacial score (nSPS) is 18.1. The van der Waals surface area contributed by atoms with Gasteiger partial charge < -0.3 is 10.4 Å². The minimum absolute atomic E-state index is 0.0556. The fraction of sp³-hybridized carbons (Fsp3) is 0.368. The lowest BCUT2D eigenvalue weighted by Gasteiger charge is -2.25. The Balaban J connectivity index is 1.68. The molecule has 0 unspecified atom stereocenters. The van der Waals surface area contributed by atoms with Crippen LogP contribution in [0.5, 0.6) is 0 Å². The Morgan fingerprint density at radius 1 is 1.17 bits per heavy atom. The van der Waals surface area contributed by atoms with Crippen LogP contribution in [0.15, 0.2) is 42.6 Å². The minimum Gasteiger partial charge on any atom is -0.386 e. The summed E-state index contributed by atoms with van der Waals surface area (Å²) in [7, 11) is -2.91. The zero-order chi connectivity index (χ0) is 21.2. The summed E-state index contributed by atoms with van der Waals surface area (Å²) >= 11 is 10.9. The van der Waals surface area contributed by atoms with Gasteiger partial charge in [0.2, 0.25) is 0 Å². The third-order valence-electron chi connectivity index (χ3n) is 4.77. The Morgan fingerprint density at radius 2 is 1.79 bits per heavy atom. The summed E-state index contributed by atoms with van der Waals surface area (Å²) in [6.07, 6.45) is 0.392. The molecule has 2 heterocycles. The summed E-state index contributed by atoms with van der Waals surface area (Å²) in [5, 5.41) is 12.6. The van der Waals surface area contributed by atoms with Gasteiger partial charge in [-0.05, 0) is 17.2 Å². The second kappa shape index (κ2) is 8.95. The van der Waals surface area contributed by atoms with Crippen molar-refractivity contribution in [2.45, 2.75) is 22.9 Å². The van der Waals surface area contributed by atoms with Crippen LogP contribution in [0.3, 0.4) is 0 Å². The van der Waals surface area contributed by atoms with Gasteiger partial charge in [0, 0.05) is 23.4 Å². The van der Waals surface area contributed by atoms with Crippen LogP contribution in [0.25, 0.3) is 11.1 Å². The maximum Gasteiger partial charge on any atom is 0.253 e. The zero-order valence-electron chi connectivity index (χ0n) is 15.1. The van der Waals surface area contributed by atoms with Crippen molar-refractivity contribution in [1.82, 2.24) is 10.3 Å². The third-order valence-corrected chi connectivity index (χ3v) is 6.99. The lowest BCUT2D eigenvalue weighted by atomic mass is 9.99. The number of halogens is 3. The molecular weight excluding hydrogens is 442 g/mol. The van der Waals surface area contributed by atoms with Gasteiger partial charge in [-0.3, -0.25) is 9.78 Å². The van der Waals surface area contributed by atoms with E-state index in [0.717, 1.165) is 16.8 Å². The summed E-state index contributed by atoms with van der Waals surface area (Å²) in [5.74, 6) is -0.573. The van der Waals surface area contributed by atoms with Gasteiger partial charge in [-0.1, -0.05) is 53.5 Å². The maximum absolute atomic E-state index is 13.2. The van der Waals surface area contributed by atoms with E-state index >= 15 is 0 Å². The van der Waals surface area contributed by atoms with Crippen molar-refractivity contribution >= 4 is 38.9 Å². The number of hydrogen-bond donors (Lipinski definition) is 2. The molecule has 0 bridgehead atoms. The SMILES string of the molecule is O=C(N[C@H](CF)[C@H](O)c1ccc(-c2ccc(C3CS(=O)(=O)C3)nc2)cc1)C(Cl)Cl. The second-order valence-corrected chi connectivity index (χ2v) is 10.1. The fourth-order valence-corrected chi connectivity index (χ4v) is 4.70.